The number of piperidine rings is 1. The molecule has 0 aromatic carbocycles. The molecule has 0 amide bonds. The minimum Gasteiger partial charge on any atom is -0.634 e. The summed E-state index contributed by atoms with van der Waals surface area (Å²) in [7, 11) is 0. The molecule has 0 aromatic rings. The number of rotatable bonds is 2. The van der Waals surface area contributed by atoms with Crippen LogP contribution in [0.5, 0.6) is 0 Å². The maximum atomic E-state index is 12.0. The maximum Gasteiger partial charge on any atom is 0.294 e. The summed E-state index contributed by atoms with van der Waals surface area (Å²) < 4.78 is 0. The topological polar surface area (TPSA) is 79.9 Å². The molecule has 1 aliphatic heterocycles. The highest BCUT2D eigenvalue weighted by Gasteiger charge is 2.46. The van der Waals surface area contributed by atoms with Crippen LogP contribution in [-0.2, 0) is 4.84 Å². The molecular weight excluding hydrogens is 200 g/mol. The molecule has 0 atom stereocenters. The van der Waals surface area contributed by atoms with Gasteiger partial charge in [-0.15, -0.1) is 10.1 Å². The maximum absolute atomic E-state index is 12.0. The number of nitrogens with zero attached hydrogens (tertiary/aromatic N) is 1. The molecular formula is C9H18N2O4. The predicted octanol–water partition coefficient (Wildman–Crippen LogP) is 0.297. The van der Waals surface area contributed by atoms with E-state index in [2.05, 4.69) is 4.84 Å². The van der Waals surface area contributed by atoms with Crippen LogP contribution in [0.2, 0.25) is 0 Å². The van der Waals surface area contributed by atoms with Crippen LogP contribution < -0.4 is 5.06 Å². The first kappa shape index (κ1) is 12.2. The van der Waals surface area contributed by atoms with E-state index in [9.17, 15) is 15.3 Å². The average Bonchev–Trinajstić information content (AvgIpc) is 1.97. The molecule has 1 saturated heterocycles. The first-order valence-electron chi connectivity index (χ1n) is 5.01. The fraction of sp³-hybridized carbons (Fsp3) is 1.00. The second kappa shape index (κ2) is 3.61. The molecule has 0 saturated carbocycles. The number of hydroxylamine groups is 2. The quantitative estimate of drug-likeness (QED) is 0.410. The predicted molar refractivity (Wildman–Crippen MR) is 53.6 cm³/mol. The van der Waals surface area contributed by atoms with E-state index in [0.29, 0.717) is 12.8 Å². The van der Waals surface area contributed by atoms with Gasteiger partial charge in [0.25, 0.3) is 5.09 Å². The van der Waals surface area contributed by atoms with Crippen molar-refractivity contribution in [2.24, 2.45) is 0 Å². The highest BCUT2D eigenvalue weighted by atomic mass is 17.0. The van der Waals surface area contributed by atoms with E-state index in [1.165, 1.54) is 0 Å². The summed E-state index contributed by atoms with van der Waals surface area (Å²) in [5.41, 5.74) is -1.08. The fourth-order valence-corrected chi connectivity index (χ4v) is 2.51. The molecule has 0 unspecified atom stereocenters. The Hall–Kier alpha value is -0.880. The Morgan fingerprint density at radius 3 is 2.00 bits per heavy atom. The van der Waals surface area contributed by atoms with Gasteiger partial charge in [0.2, 0.25) is 0 Å². The van der Waals surface area contributed by atoms with E-state index < -0.39 is 22.3 Å². The van der Waals surface area contributed by atoms with Crippen LogP contribution in [0.4, 0.5) is 0 Å². The van der Waals surface area contributed by atoms with E-state index >= 15 is 0 Å². The number of nitrogens with one attached hydrogen (secondary N) is 1. The highest BCUT2D eigenvalue weighted by molar-refractivity contribution is 4.86. The number of quaternary nitrogens is 1. The van der Waals surface area contributed by atoms with Crippen LogP contribution in [0.1, 0.15) is 40.5 Å². The van der Waals surface area contributed by atoms with Crippen LogP contribution in [0.3, 0.4) is 0 Å². The van der Waals surface area contributed by atoms with E-state index in [-0.39, 0.29) is 5.06 Å². The Bertz CT molecular complexity index is 247. The second-order valence-corrected chi connectivity index (χ2v) is 5.46. The third kappa shape index (κ3) is 2.57. The zero-order valence-electron chi connectivity index (χ0n) is 9.57. The Labute approximate surface area is 88.9 Å². The number of hydrogen-bond donors (Lipinski definition) is 1. The summed E-state index contributed by atoms with van der Waals surface area (Å²) in [6.07, 6.45) is 0.356. The van der Waals surface area contributed by atoms with Gasteiger partial charge >= 0.3 is 0 Å². The molecule has 0 radical (unpaired) electrons. The van der Waals surface area contributed by atoms with Crippen LogP contribution in [0, 0.1) is 15.3 Å². The monoisotopic (exact) mass is 218 g/mol. The Kier molecular flexibility index (Phi) is 2.93. The lowest BCUT2D eigenvalue weighted by Crippen LogP contribution is -3.23. The van der Waals surface area contributed by atoms with Crippen molar-refractivity contribution in [3.05, 3.63) is 15.3 Å². The van der Waals surface area contributed by atoms with Crippen LogP contribution in [-0.4, -0.2) is 22.3 Å². The molecule has 6 nitrogen and oxygen atoms in total. The Balaban J connectivity index is 2.79. The Morgan fingerprint density at radius 2 is 1.67 bits per heavy atom. The largest absolute Gasteiger partial charge is 0.634 e. The van der Waals surface area contributed by atoms with Crippen molar-refractivity contribution in [3.8, 4) is 0 Å². The van der Waals surface area contributed by atoms with Crippen molar-refractivity contribution in [1.82, 2.24) is 0 Å². The summed E-state index contributed by atoms with van der Waals surface area (Å²) in [5, 5.41) is 21.6. The van der Waals surface area contributed by atoms with Gasteiger partial charge in [-0.3, -0.25) is 0 Å². The zero-order chi connectivity index (χ0) is 11.9. The summed E-state index contributed by atoms with van der Waals surface area (Å²) in [6, 6.07) is 0. The Morgan fingerprint density at radius 1 is 1.27 bits per heavy atom. The lowest BCUT2D eigenvalue weighted by molar-refractivity contribution is -0.959. The smallest absolute Gasteiger partial charge is 0.294 e. The van der Waals surface area contributed by atoms with Gasteiger partial charge in [-0.05, 0) is 27.7 Å². The van der Waals surface area contributed by atoms with Crippen molar-refractivity contribution in [2.75, 3.05) is 0 Å². The van der Waals surface area contributed by atoms with Crippen LogP contribution >= 0.6 is 0 Å². The van der Waals surface area contributed by atoms with E-state index in [1.54, 1.807) is 0 Å². The average molecular weight is 218 g/mol. The van der Waals surface area contributed by atoms with Crippen molar-refractivity contribution in [2.45, 2.75) is 57.7 Å². The molecule has 0 aliphatic carbocycles. The molecule has 15 heavy (non-hydrogen) atoms. The fourth-order valence-electron chi connectivity index (χ4n) is 2.51. The van der Waals surface area contributed by atoms with Gasteiger partial charge in [0, 0.05) is 12.8 Å². The van der Waals surface area contributed by atoms with Crippen molar-refractivity contribution in [3.63, 3.8) is 0 Å². The molecule has 1 N–H and O–H groups in total. The molecule has 0 aromatic heterocycles. The molecule has 1 rings (SSSR count). The van der Waals surface area contributed by atoms with Gasteiger partial charge in [-0.1, -0.05) is 0 Å². The second-order valence-electron chi connectivity index (χ2n) is 5.46. The first-order valence-corrected chi connectivity index (χ1v) is 5.01. The van der Waals surface area contributed by atoms with Gasteiger partial charge in [0.15, 0.2) is 0 Å². The van der Waals surface area contributed by atoms with Crippen LogP contribution in [0.25, 0.3) is 0 Å². The highest BCUT2D eigenvalue weighted by Crippen LogP contribution is 2.25. The third-order valence-electron chi connectivity index (χ3n) is 2.94. The van der Waals surface area contributed by atoms with E-state index in [0.717, 1.165) is 0 Å². The summed E-state index contributed by atoms with van der Waals surface area (Å²) >= 11 is 0. The first-order chi connectivity index (χ1) is 6.65. The minimum absolute atomic E-state index is 0.151. The molecule has 0 spiro atoms. The summed E-state index contributed by atoms with van der Waals surface area (Å²) in [6.45, 7) is 7.25. The zero-order valence-corrected chi connectivity index (χ0v) is 9.57. The van der Waals surface area contributed by atoms with Gasteiger partial charge in [0.1, 0.15) is 6.10 Å². The molecule has 1 heterocycles. The molecule has 1 fully saturated rings. The molecule has 88 valence electrons. The summed E-state index contributed by atoms with van der Waals surface area (Å²) in [5.74, 6) is 0. The van der Waals surface area contributed by atoms with Gasteiger partial charge in [-0.25, -0.2) is 0 Å². The normalized spacial score (nSPS) is 33.4. The molecule has 1 aliphatic rings. The molecule has 6 heteroatoms. The van der Waals surface area contributed by atoms with Crippen molar-refractivity contribution < 1.29 is 15.0 Å². The number of hydrogen-bond acceptors (Lipinski definition) is 4. The minimum atomic E-state index is -0.771. The molecule has 0 bridgehead atoms. The van der Waals surface area contributed by atoms with Crippen molar-refractivity contribution >= 4 is 0 Å². The van der Waals surface area contributed by atoms with E-state index in [1.807, 2.05) is 27.7 Å². The lowest BCUT2D eigenvalue weighted by atomic mass is 9.80. The third-order valence-corrected chi connectivity index (χ3v) is 2.94. The lowest BCUT2D eigenvalue weighted by Gasteiger charge is -2.53. The van der Waals surface area contributed by atoms with Gasteiger partial charge in [0.05, 0.1) is 11.1 Å². The van der Waals surface area contributed by atoms with E-state index in [4.69, 9.17) is 0 Å². The summed E-state index contributed by atoms with van der Waals surface area (Å²) in [4.78, 5) is 14.9. The van der Waals surface area contributed by atoms with Crippen molar-refractivity contribution in [1.29, 1.82) is 0 Å². The standard InChI is InChI=1S/C9H18N2O4/c1-8(2)5-7(15-11(13)14)6-9(3,4)10(8)12/h7,10H,5-6H2,1-4H3. The SMILES string of the molecule is CC1(C)CC(O[N+](=O)[O-])CC(C)(C)[NH+]1[O-]. The van der Waals surface area contributed by atoms with Crippen LogP contribution in [0.15, 0.2) is 0 Å². The van der Waals surface area contributed by atoms with Gasteiger partial charge < -0.3 is 15.1 Å². The van der Waals surface area contributed by atoms with Gasteiger partial charge in [-0.2, -0.15) is 0 Å².